The summed E-state index contributed by atoms with van der Waals surface area (Å²) >= 11 is 0. The monoisotopic (exact) mass is 488 g/mol. The van der Waals surface area contributed by atoms with Gasteiger partial charge in [-0.2, -0.15) is 0 Å². The highest BCUT2D eigenvalue weighted by molar-refractivity contribution is 7.53. The summed E-state index contributed by atoms with van der Waals surface area (Å²) in [5.41, 5.74) is 0. The minimum absolute atomic E-state index is 0.0449. The molecule has 1 unspecified atom stereocenters. The molecule has 0 aromatic rings. The Morgan fingerprint density at radius 3 is 1.39 bits per heavy atom. The van der Waals surface area contributed by atoms with Crippen LogP contribution in [0.15, 0.2) is 24.3 Å². The van der Waals surface area contributed by atoms with Crippen LogP contribution >= 0.6 is 7.60 Å². The van der Waals surface area contributed by atoms with Gasteiger partial charge in [0.25, 0.3) is 0 Å². The highest BCUT2D eigenvalue weighted by Crippen LogP contribution is 2.52. The van der Waals surface area contributed by atoms with Gasteiger partial charge in [0.05, 0.1) is 21.1 Å². The van der Waals surface area contributed by atoms with Crippen LogP contribution < -0.4 is 0 Å². The van der Waals surface area contributed by atoms with Crippen LogP contribution in [0.25, 0.3) is 0 Å². The molecule has 0 rings (SSSR count). The lowest BCUT2D eigenvalue weighted by atomic mass is 10.1. The quantitative estimate of drug-likeness (QED) is 0.0645. The molecule has 5 nitrogen and oxygen atoms in total. The number of hydrogen-bond donors (Lipinski definition) is 3. The highest BCUT2D eigenvalue weighted by atomic mass is 31.2. The number of rotatable bonds is 22. The van der Waals surface area contributed by atoms with Crippen molar-refractivity contribution < 1.29 is 23.9 Å². The summed E-state index contributed by atoms with van der Waals surface area (Å²) in [5.74, 6) is 0. The molecule has 0 aliphatic heterocycles. The Morgan fingerprint density at radius 1 is 0.667 bits per heavy atom. The summed E-state index contributed by atoms with van der Waals surface area (Å²) in [6.07, 6.45) is 28.4. The van der Waals surface area contributed by atoms with Crippen LogP contribution in [0.3, 0.4) is 0 Å². The molecular formula is C27H55NO4P+. The van der Waals surface area contributed by atoms with Gasteiger partial charge >= 0.3 is 7.60 Å². The van der Waals surface area contributed by atoms with Crippen LogP contribution in [0, 0.1) is 0 Å². The topological polar surface area (TPSA) is 77.8 Å². The van der Waals surface area contributed by atoms with Crippen molar-refractivity contribution in [3.8, 4) is 0 Å². The molecule has 0 bridgehead atoms. The van der Waals surface area contributed by atoms with E-state index in [9.17, 15) is 19.5 Å². The maximum Gasteiger partial charge on any atom is 0.362 e. The van der Waals surface area contributed by atoms with Crippen LogP contribution in [0.5, 0.6) is 0 Å². The SMILES string of the molecule is CCCCC/C=C\CCCCCCCCC/C=C\CCCCC(O)(C[N+](C)(C)C)P(=O)(O)O. The summed E-state index contributed by atoms with van der Waals surface area (Å²) in [6, 6.07) is 0. The first kappa shape index (κ1) is 32.5. The van der Waals surface area contributed by atoms with Crippen LogP contribution in [0.1, 0.15) is 116 Å². The van der Waals surface area contributed by atoms with E-state index >= 15 is 0 Å². The van der Waals surface area contributed by atoms with Crippen molar-refractivity contribution in [2.24, 2.45) is 0 Å². The van der Waals surface area contributed by atoms with E-state index in [1.54, 1.807) is 0 Å². The zero-order valence-electron chi connectivity index (χ0n) is 22.2. The van der Waals surface area contributed by atoms with Crippen molar-refractivity contribution >= 4 is 7.60 Å². The molecule has 0 spiro atoms. The van der Waals surface area contributed by atoms with Crippen LogP contribution in [0.4, 0.5) is 0 Å². The van der Waals surface area contributed by atoms with Gasteiger partial charge < -0.3 is 19.4 Å². The average Bonchev–Trinajstić information content (AvgIpc) is 2.70. The molecule has 0 aliphatic rings. The van der Waals surface area contributed by atoms with Gasteiger partial charge in [0, 0.05) is 0 Å². The summed E-state index contributed by atoms with van der Waals surface area (Å²) < 4.78 is 12.1. The van der Waals surface area contributed by atoms with Crippen molar-refractivity contribution in [1.29, 1.82) is 0 Å². The van der Waals surface area contributed by atoms with Crippen molar-refractivity contribution in [1.82, 2.24) is 0 Å². The first-order chi connectivity index (χ1) is 15.5. The third kappa shape index (κ3) is 19.5. The van der Waals surface area contributed by atoms with Crippen LogP contribution in [0.2, 0.25) is 0 Å². The molecule has 1 atom stereocenters. The third-order valence-electron chi connectivity index (χ3n) is 6.02. The normalized spacial score (nSPS) is 15.0. The van der Waals surface area contributed by atoms with E-state index in [2.05, 4.69) is 31.2 Å². The molecule has 0 saturated carbocycles. The zero-order chi connectivity index (χ0) is 25.1. The molecular weight excluding hydrogens is 433 g/mol. The molecule has 0 heterocycles. The van der Waals surface area contributed by atoms with Gasteiger partial charge in [0.2, 0.25) is 5.34 Å². The number of unbranched alkanes of at least 4 members (excludes halogenated alkanes) is 13. The fourth-order valence-electron chi connectivity index (χ4n) is 4.14. The third-order valence-corrected chi connectivity index (χ3v) is 7.47. The zero-order valence-corrected chi connectivity index (χ0v) is 23.1. The average molecular weight is 489 g/mol. The molecule has 0 amide bonds. The van der Waals surface area contributed by atoms with Crippen molar-refractivity contribution in [3.63, 3.8) is 0 Å². The second kappa shape index (κ2) is 18.8. The van der Waals surface area contributed by atoms with Gasteiger partial charge in [-0.05, 0) is 64.2 Å². The Hall–Kier alpha value is -0.450. The van der Waals surface area contributed by atoms with Gasteiger partial charge in [-0.25, -0.2) is 0 Å². The predicted molar refractivity (Wildman–Crippen MR) is 142 cm³/mol. The smallest absolute Gasteiger partial charge is 0.362 e. The van der Waals surface area contributed by atoms with Crippen molar-refractivity contribution in [2.75, 3.05) is 27.7 Å². The molecule has 0 aromatic carbocycles. The molecule has 0 radical (unpaired) electrons. The van der Waals surface area contributed by atoms with Gasteiger partial charge in [0.15, 0.2) is 0 Å². The maximum atomic E-state index is 11.8. The lowest BCUT2D eigenvalue weighted by molar-refractivity contribution is -0.875. The molecule has 0 aromatic heterocycles. The maximum absolute atomic E-state index is 11.8. The fourth-order valence-corrected chi connectivity index (χ4v) is 5.20. The summed E-state index contributed by atoms with van der Waals surface area (Å²) in [4.78, 5) is 19.2. The Labute approximate surface area is 205 Å². The van der Waals surface area contributed by atoms with Gasteiger partial charge in [-0.3, -0.25) is 4.57 Å². The van der Waals surface area contributed by atoms with E-state index < -0.39 is 12.9 Å². The molecule has 3 N–H and O–H groups in total. The minimum Gasteiger partial charge on any atom is -0.373 e. The fraction of sp³-hybridized carbons (Fsp3) is 0.852. The molecule has 0 fully saturated rings. The largest absolute Gasteiger partial charge is 0.373 e. The van der Waals surface area contributed by atoms with Gasteiger partial charge in [0.1, 0.15) is 6.54 Å². The minimum atomic E-state index is -4.56. The summed E-state index contributed by atoms with van der Waals surface area (Å²) in [7, 11) is 0.935. The second-order valence-corrected chi connectivity index (χ2v) is 12.6. The van der Waals surface area contributed by atoms with E-state index in [1.165, 1.54) is 77.0 Å². The van der Waals surface area contributed by atoms with Crippen molar-refractivity contribution in [2.45, 2.75) is 121 Å². The first-order valence-corrected chi connectivity index (χ1v) is 15.0. The molecule has 33 heavy (non-hydrogen) atoms. The van der Waals surface area contributed by atoms with E-state index in [-0.39, 0.29) is 13.0 Å². The number of allylic oxidation sites excluding steroid dienone is 4. The second-order valence-electron chi connectivity index (χ2n) is 10.7. The number of quaternary nitrogens is 1. The standard InChI is InChI=1S/C27H54NO4P/c1-5-6-7-8-9-10-11-12-13-14-15-16-17-18-19-20-21-22-23-24-25-27(29,33(30,31)32)26-28(2,3)4/h9-10,20-21,29H,5-8,11-19,22-26H2,1-4H3,(H-,30,31,32)/p+1/b10-9-,21-20-. The van der Waals surface area contributed by atoms with Gasteiger partial charge in [-0.1, -0.05) is 76.2 Å². The molecule has 0 aliphatic carbocycles. The van der Waals surface area contributed by atoms with E-state index in [0.29, 0.717) is 10.9 Å². The Bertz CT molecular complexity index is 565. The molecule has 196 valence electrons. The molecule has 0 saturated heterocycles. The highest BCUT2D eigenvalue weighted by Gasteiger charge is 2.48. The van der Waals surface area contributed by atoms with Crippen LogP contribution in [-0.4, -0.2) is 52.4 Å². The van der Waals surface area contributed by atoms with Gasteiger partial charge in [-0.15, -0.1) is 0 Å². The summed E-state index contributed by atoms with van der Waals surface area (Å²) in [5, 5.41) is 8.60. The number of hydrogen-bond acceptors (Lipinski definition) is 2. The van der Waals surface area contributed by atoms with E-state index in [4.69, 9.17) is 0 Å². The summed E-state index contributed by atoms with van der Waals surface area (Å²) in [6.45, 7) is 2.30. The first-order valence-electron chi connectivity index (χ1n) is 13.4. The number of likely N-dealkylation sites (N-methyl/N-ethyl adjacent to an activating group) is 1. The lowest BCUT2D eigenvalue weighted by Crippen LogP contribution is -2.49. The number of nitrogens with zero attached hydrogens (tertiary/aromatic N) is 1. The Balaban J connectivity index is 3.64. The Morgan fingerprint density at radius 2 is 1.03 bits per heavy atom. The van der Waals surface area contributed by atoms with Crippen LogP contribution in [-0.2, 0) is 4.57 Å². The Kier molecular flexibility index (Phi) is 18.6. The van der Waals surface area contributed by atoms with E-state index in [0.717, 1.165) is 19.3 Å². The number of aliphatic hydroxyl groups is 1. The van der Waals surface area contributed by atoms with Crippen molar-refractivity contribution in [3.05, 3.63) is 24.3 Å². The lowest BCUT2D eigenvalue weighted by Gasteiger charge is -2.35. The van der Waals surface area contributed by atoms with E-state index in [1.807, 2.05) is 21.1 Å². The predicted octanol–water partition coefficient (Wildman–Crippen LogP) is 7.32. The molecule has 6 heteroatoms.